The Morgan fingerprint density at radius 3 is 2.56 bits per heavy atom. The molecule has 3 amide bonds. The monoisotopic (exact) mass is 474 g/mol. The van der Waals surface area contributed by atoms with Crippen LogP contribution in [-0.4, -0.2) is 69.5 Å². The van der Waals surface area contributed by atoms with Crippen molar-refractivity contribution in [3.8, 4) is 0 Å². The van der Waals surface area contributed by atoms with E-state index in [1.54, 1.807) is 60.3 Å². The minimum absolute atomic E-state index is 0.0504. The molecule has 0 spiro atoms. The zero-order valence-corrected chi connectivity index (χ0v) is 18.8. The lowest BCUT2D eigenvalue weighted by atomic mass is 9.99. The summed E-state index contributed by atoms with van der Waals surface area (Å²) in [4.78, 5) is 39.1. The average Bonchev–Trinajstić information content (AvgIpc) is 3.38. The fourth-order valence-corrected chi connectivity index (χ4v) is 3.96. The lowest BCUT2D eigenvalue weighted by Gasteiger charge is -2.30. The van der Waals surface area contributed by atoms with Crippen molar-refractivity contribution in [2.24, 2.45) is 7.05 Å². The number of aliphatic hydroxyl groups is 1. The largest absolute Gasteiger partial charge is 0.381 e. The van der Waals surface area contributed by atoms with Crippen LogP contribution in [0.5, 0.6) is 0 Å². The standard InChI is InChI=1S/C24H28F2N4O4/c1-3-11-27-21(32)19-14-24(25,26)15-30(19)23(34)20(31)17(13-16-8-5-4-6-9-16)28-22(33)18-10-7-12-29(18)2/h3-10,12,17,19-20,31H,1,11,13-15H2,2H3,(H,27,32)(H,28,33)/t17-,19-,20-/m0/s1. The number of alkyl halides is 2. The molecule has 1 aromatic heterocycles. The van der Waals surface area contributed by atoms with Gasteiger partial charge in [-0.05, 0) is 24.1 Å². The molecule has 0 unspecified atom stereocenters. The fourth-order valence-electron chi connectivity index (χ4n) is 3.96. The quantitative estimate of drug-likeness (QED) is 0.476. The first-order valence-electron chi connectivity index (χ1n) is 10.8. The molecule has 0 bridgehead atoms. The predicted molar refractivity (Wildman–Crippen MR) is 121 cm³/mol. The van der Waals surface area contributed by atoms with E-state index in [0.29, 0.717) is 10.6 Å². The molecule has 1 fully saturated rings. The van der Waals surface area contributed by atoms with Gasteiger partial charge in [0.05, 0.1) is 12.6 Å². The van der Waals surface area contributed by atoms with Gasteiger partial charge in [0.15, 0.2) is 6.10 Å². The number of carbonyl (C=O) groups is 3. The summed E-state index contributed by atoms with van der Waals surface area (Å²) in [5.74, 6) is -5.63. The summed E-state index contributed by atoms with van der Waals surface area (Å²) in [7, 11) is 1.67. The molecule has 34 heavy (non-hydrogen) atoms. The van der Waals surface area contributed by atoms with Gasteiger partial charge in [-0.15, -0.1) is 6.58 Å². The molecule has 2 aromatic rings. The molecule has 182 valence electrons. The fraction of sp³-hybridized carbons (Fsp3) is 0.375. The van der Waals surface area contributed by atoms with Crippen LogP contribution in [0.1, 0.15) is 22.5 Å². The molecule has 1 aromatic carbocycles. The van der Waals surface area contributed by atoms with E-state index in [9.17, 15) is 28.3 Å². The van der Waals surface area contributed by atoms with Gasteiger partial charge < -0.3 is 25.2 Å². The molecule has 3 rings (SSSR count). The van der Waals surface area contributed by atoms with Gasteiger partial charge in [0.25, 0.3) is 17.7 Å². The number of likely N-dealkylation sites (tertiary alicyclic amines) is 1. The maximum Gasteiger partial charge on any atom is 0.268 e. The Balaban J connectivity index is 1.84. The number of aromatic nitrogens is 1. The van der Waals surface area contributed by atoms with Crippen LogP contribution < -0.4 is 10.6 Å². The third-order valence-corrected chi connectivity index (χ3v) is 5.70. The number of hydrogen-bond donors (Lipinski definition) is 3. The summed E-state index contributed by atoms with van der Waals surface area (Å²) in [6.07, 6.45) is 0.422. The molecule has 3 atom stereocenters. The molecule has 0 saturated carbocycles. The van der Waals surface area contributed by atoms with Gasteiger partial charge in [0.1, 0.15) is 11.7 Å². The third-order valence-electron chi connectivity index (χ3n) is 5.70. The maximum absolute atomic E-state index is 14.2. The molecule has 2 heterocycles. The van der Waals surface area contributed by atoms with Gasteiger partial charge in [-0.3, -0.25) is 14.4 Å². The van der Waals surface area contributed by atoms with Crippen LogP contribution in [0.3, 0.4) is 0 Å². The van der Waals surface area contributed by atoms with Crippen LogP contribution >= 0.6 is 0 Å². The molecule has 1 aliphatic rings. The van der Waals surface area contributed by atoms with Gasteiger partial charge in [-0.2, -0.15) is 0 Å². The number of amides is 3. The Morgan fingerprint density at radius 1 is 1.24 bits per heavy atom. The van der Waals surface area contributed by atoms with E-state index in [4.69, 9.17) is 0 Å². The van der Waals surface area contributed by atoms with Crippen LogP contribution in [0.25, 0.3) is 0 Å². The van der Waals surface area contributed by atoms with E-state index in [0.717, 1.165) is 5.56 Å². The molecule has 0 aliphatic carbocycles. The van der Waals surface area contributed by atoms with E-state index in [2.05, 4.69) is 17.2 Å². The molecule has 1 aliphatic heterocycles. The number of nitrogens with one attached hydrogen (secondary N) is 2. The maximum atomic E-state index is 14.2. The van der Waals surface area contributed by atoms with Crippen molar-refractivity contribution < 1.29 is 28.3 Å². The number of hydrogen-bond acceptors (Lipinski definition) is 4. The number of halogens is 2. The number of aliphatic hydroxyl groups excluding tert-OH is 1. The molecule has 0 radical (unpaired) electrons. The van der Waals surface area contributed by atoms with Gasteiger partial charge in [0, 0.05) is 26.2 Å². The normalized spacial score (nSPS) is 18.7. The van der Waals surface area contributed by atoms with Gasteiger partial charge in [-0.1, -0.05) is 36.4 Å². The Morgan fingerprint density at radius 2 is 1.94 bits per heavy atom. The lowest BCUT2D eigenvalue weighted by molar-refractivity contribution is -0.147. The van der Waals surface area contributed by atoms with E-state index in [1.165, 1.54) is 6.08 Å². The van der Waals surface area contributed by atoms with Crippen molar-refractivity contribution in [3.63, 3.8) is 0 Å². The number of rotatable bonds is 9. The van der Waals surface area contributed by atoms with Crippen molar-refractivity contribution in [1.29, 1.82) is 0 Å². The van der Waals surface area contributed by atoms with Crippen molar-refractivity contribution in [3.05, 3.63) is 72.6 Å². The van der Waals surface area contributed by atoms with Crippen LogP contribution in [0, 0.1) is 0 Å². The predicted octanol–water partition coefficient (Wildman–Crippen LogP) is 1.27. The molecule has 10 heteroatoms. The number of aryl methyl sites for hydroxylation is 1. The third kappa shape index (κ3) is 5.88. The van der Waals surface area contributed by atoms with Gasteiger partial charge in [0.2, 0.25) is 5.91 Å². The van der Waals surface area contributed by atoms with E-state index >= 15 is 0 Å². The summed E-state index contributed by atoms with van der Waals surface area (Å²) in [6.45, 7) is 2.51. The van der Waals surface area contributed by atoms with Crippen LogP contribution in [0.15, 0.2) is 61.3 Å². The molecular formula is C24H28F2N4O4. The van der Waals surface area contributed by atoms with Crippen LogP contribution in [0.2, 0.25) is 0 Å². The minimum Gasteiger partial charge on any atom is -0.381 e. The molecule has 1 saturated heterocycles. The Hall–Kier alpha value is -3.53. The van der Waals surface area contributed by atoms with E-state index in [-0.39, 0.29) is 13.0 Å². The highest BCUT2D eigenvalue weighted by Crippen LogP contribution is 2.33. The highest BCUT2D eigenvalue weighted by Gasteiger charge is 2.51. The number of carbonyl (C=O) groups excluding carboxylic acids is 3. The summed E-state index contributed by atoms with van der Waals surface area (Å²) in [5.41, 5.74) is 1.02. The SMILES string of the molecule is C=CCNC(=O)[C@@H]1CC(F)(F)CN1C(=O)[C@@H](O)[C@H](Cc1ccccc1)NC(=O)c1cccn1C. The Bertz CT molecular complexity index is 1040. The number of nitrogens with zero attached hydrogens (tertiary/aromatic N) is 2. The highest BCUT2D eigenvalue weighted by atomic mass is 19.3. The lowest BCUT2D eigenvalue weighted by Crippen LogP contribution is -2.56. The van der Waals surface area contributed by atoms with Gasteiger partial charge in [-0.25, -0.2) is 8.78 Å². The molecule has 8 nitrogen and oxygen atoms in total. The van der Waals surface area contributed by atoms with Crippen LogP contribution in [0.4, 0.5) is 8.78 Å². The first-order chi connectivity index (χ1) is 16.1. The topological polar surface area (TPSA) is 104 Å². The Labute approximate surface area is 196 Å². The van der Waals surface area contributed by atoms with Crippen molar-refractivity contribution >= 4 is 17.7 Å². The van der Waals surface area contributed by atoms with Crippen molar-refractivity contribution in [2.75, 3.05) is 13.1 Å². The summed E-state index contributed by atoms with van der Waals surface area (Å²) < 4.78 is 30.0. The van der Waals surface area contributed by atoms with E-state index in [1.807, 2.05) is 0 Å². The van der Waals surface area contributed by atoms with Crippen molar-refractivity contribution in [1.82, 2.24) is 20.1 Å². The summed E-state index contributed by atoms with van der Waals surface area (Å²) in [5, 5.41) is 16.0. The van der Waals surface area contributed by atoms with Crippen molar-refractivity contribution in [2.45, 2.75) is 37.0 Å². The van der Waals surface area contributed by atoms with Gasteiger partial charge >= 0.3 is 0 Å². The van der Waals surface area contributed by atoms with E-state index < -0.39 is 54.8 Å². The first kappa shape index (κ1) is 25.1. The highest BCUT2D eigenvalue weighted by molar-refractivity contribution is 5.94. The second-order valence-corrected chi connectivity index (χ2v) is 8.29. The second kappa shape index (κ2) is 10.6. The zero-order chi connectivity index (χ0) is 24.9. The average molecular weight is 475 g/mol. The zero-order valence-electron chi connectivity index (χ0n) is 18.8. The Kier molecular flexibility index (Phi) is 7.83. The molecular weight excluding hydrogens is 446 g/mol. The molecule has 3 N–H and O–H groups in total. The second-order valence-electron chi connectivity index (χ2n) is 8.29. The number of benzene rings is 1. The smallest absolute Gasteiger partial charge is 0.268 e. The van der Waals surface area contributed by atoms with Crippen LogP contribution in [-0.2, 0) is 23.1 Å². The first-order valence-corrected chi connectivity index (χ1v) is 10.8. The minimum atomic E-state index is -3.28. The summed E-state index contributed by atoms with van der Waals surface area (Å²) >= 11 is 0. The summed E-state index contributed by atoms with van der Waals surface area (Å²) in [6, 6.07) is 9.51.